The molecule has 0 aromatic heterocycles. The van der Waals surface area contributed by atoms with Crippen molar-refractivity contribution < 1.29 is 4.48 Å². The van der Waals surface area contributed by atoms with E-state index in [1.165, 1.54) is 19.4 Å². The molecule has 0 heterocycles. The van der Waals surface area contributed by atoms with Crippen LogP contribution in [-0.4, -0.2) is 32.2 Å². The van der Waals surface area contributed by atoms with Crippen molar-refractivity contribution in [2.75, 3.05) is 27.7 Å². The Morgan fingerprint density at radius 1 is 1.11 bits per heavy atom. The van der Waals surface area contributed by atoms with Crippen molar-refractivity contribution >= 4 is 12.4 Å². The summed E-state index contributed by atoms with van der Waals surface area (Å²) in [4.78, 5) is 0. The standard InChI is InChI=1S/C7H18N.ClH/c1-5-6-7-8(2,3)4;/h5-7H2,1-4H3;1H/q+1;. The minimum Gasteiger partial charge on any atom is -0.331 e. The predicted molar refractivity (Wildman–Crippen MR) is 45.1 cm³/mol. The third-order valence-electron chi connectivity index (χ3n) is 1.18. The van der Waals surface area contributed by atoms with E-state index in [0.717, 1.165) is 4.48 Å². The van der Waals surface area contributed by atoms with E-state index in [4.69, 9.17) is 0 Å². The van der Waals surface area contributed by atoms with Crippen molar-refractivity contribution in [2.45, 2.75) is 19.8 Å². The number of unbranched alkanes of at least 4 members (excludes halogenated alkanes) is 1. The SMILES string of the molecule is CCCC[N+](C)(C)C.Cl. The Balaban J connectivity index is 0. The minimum atomic E-state index is 0. The van der Waals surface area contributed by atoms with Gasteiger partial charge >= 0.3 is 0 Å². The lowest BCUT2D eigenvalue weighted by Gasteiger charge is -2.23. The zero-order valence-corrected chi connectivity index (χ0v) is 7.79. The molecule has 9 heavy (non-hydrogen) atoms. The van der Waals surface area contributed by atoms with Crippen LogP contribution in [0.1, 0.15) is 19.8 Å². The van der Waals surface area contributed by atoms with Crippen molar-refractivity contribution in [1.82, 2.24) is 0 Å². The number of rotatable bonds is 3. The topological polar surface area (TPSA) is 0 Å². The largest absolute Gasteiger partial charge is 0.331 e. The maximum Gasteiger partial charge on any atom is 0.0780 e. The summed E-state index contributed by atoms with van der Waals surface area (Å²) in [6.45, 7) is 3.53. The van der Waals surface area contributed by atoms with E-state index < -0.39 is 0 Å². The van der Waals surface area contributed by atoms with E-state index in [1.807, 2.05) is 0 Å². The summed E-state index contributed by atoms with van der Waals surface area (Å²) < 4.78 is 1.10. The lowest BCUT2D eigenvalue weighted by molar-refractivity contribution is -0.870. The lowest BCUT2D eigenvalue weighted by Crippen LogP contribution is -2.35. The highest BCUT2D eigenvalue weighted by Crippen LogP contribution is 1.94. The molecule has 58 valence electrons. The maximum absolute atomic E-state index is 2.23. The molecule has 0 bridgehead atoms. The Labute approximate surface area is 65.1 Å². The number of halogens is 1. The van der Waals surface area contributed by atoms with Crippen LogP contribution in [0.4, 0.5) is 0 Å². The van der Waals surface area contributed by atoms with Crippen LogP contribution in [0.2, 0.25) is 0 Å². The average Bonchev–Trinajstić information content (AvgIpc) is 1.59. The monoisotopic (exact) mass is 152 g/mol. The van der Waals surface area contributed by atoms with Gasteiger partial charge in [-0.25, -0.2) is 0 Å². The fourth-order valence-electron chi connectivity index (χ4n) is 0.632. The van der Waals surface area contributed by atoms with Gasteiger partial charge in [-0.3, -0.25) is 0 Å². The summed E-state index contributed by atoms with van der Waals surface area (Å²) >= 11 is 0. The van der Waals surface area contributed by atoms with Crippen molar-refractivity contribution in [3.05, 3.63) is 0 Å². The van der Waals surface area contributed by atoms with Gasteiger partial charge in [-0.15, -0.1) is 12.4 Å². The number of hydrogen-bond acceptors (Lipinski definition) is 0. The van der Waals surface area contributed by atoms with E-state index in [1.54, 1.807) is 0 Å². The van der Waals surface area contributed by atoms with Crippen molar-refractivity contribution in [3.8, 4) is 0 Å². The van der Waals surface area contributed by atoms with E-state index in [0.29, 0.717) is 0 Å². The zero-order chi connectivity index (χ0) is 6.62. The van der Waals surface area contributed by atoms with Gasteiger partial charge in [-0.2, -0.15) is 0 Å². The van der Waals surface area contributed by atoms with Crippen molar-refractivity contribution in [3.63, 3.8) is 0 Å². The molecule has 0 saturated carbocycles. The molecule has 0 aromatic carbocycles. The smallest absolute Gasteiger partial charge is 0.0780 e. The molecule has 0 rings (SSSR count). The van der Waals surface area contributed by atoms with Crippen LogP contribution in [0.3, 0.4) is 0 Å². The van der Waals surface area contributed by atoms with Gasteiger partial charge in [0, 0.05) is 0 Å². The lowest BCUT2D eigenvalue weighted by atomic mass is 10.3. The van der Waals surface area contributed by atoms with Gasteiger partial charge in [-0.05, 0) is 6.42 Å². The molecule has 0 aliphatic carbocycles. The van der Waals surface area contributed by atoms with Crippen LogP contribution in [0.15, 0.2) is 0 Å². The summed E-state index contributed by atoms with van der Waals surface area (Å²) in [5.74, 6) is 0. The van der Waals surface area contributed by atoms with Gasteiger partial charge in [0.15, 0.2) is 0 Å². The highest BCUT2D eigenvalue weighted by atomic mass is 35.5. The average molecular weight is 153 g/mol. The predicted octanol–water partition coefficient (Wildman–Crippen LogP) is 1.91. The molecule has 0 spiro atoms. The Morgan fingerprint density at radius 2 is 1.56 bits per heavy atom. The Morgan fingerprint density at radius 3 is 1.67 bits per heavy atom. The summed E-state index contributed by atoms with van der Waals surface area (Å²) in [6, 6.07) is 0. The van der Waals surface area contributed by atoms with Crippen LogP contribution < -0.4 is 0 Å². The molecule has 0 N–H and O–H groups in total. The third-order valence-corrected chi connectivity index (χ3v) is 1.18. The summed E-state index contributed by atoms with van der Waals surface area (Å²) in [7, 11) is 6.70. The molecule has 0 saturated heterocycles. The molecule has 0 amide bonds. The first-order chi connectivity index (χ1) is 3.56. The summed E-state index contributed by atoms with van der Waals surface area (Å²) in [5.41, 5.74) is 0. The number of hydrogen-bond donors (Lipinski definition) is 0. The molecule has 0 atom stereocenters. The molecule has 0 unspecified atom stereocenters. The molecule has 2 heteroatoms. The van der Waals surface area contributed by atoms with Gasteiger partial charge in [-0.1, -0.05) is 13.3 Å². The third kappa shape index (κ3) is 11.7. The fourth-order valence-corrected chi connectivity index (χ4v) is 0.632. The van der Waals surface area contributed by atoms with Crippen LogP contribution in [0.5, 0.6) is 0 Å². The van der Waals surface area contributed by atoms with Crippen LogP contribution in [0.25, 0.3) is 0 Å². The summed E-state index contributed by atoms with van der Waals surface area (Å²) in [6.07, 6.45) is 2.67. The second kappa shape index (κ2) is 5.07. The Hall–Kier alpha value is 0.250. The van der Waals surface area contributed by atoms with Gasteiger partial charge in [0.05, 0.1) is 27.7 Å². The van der Waals surface area contributed by atoms with Gasteiger partial charge < -0.3 is 4.48 Å². The molecule has 0 aromatic rings. The first-order valence-corrected chi connectivity index (χ1v) is 3.36. The molecule has 0 radical (unpaired) electrons. The first-order valence-electron chi connectivity index (χ1n) is 3.36. The van der Waals surface area contributed by atoms with E-state index >= 15 is 0 Å². The molecule has 0 aliphatic rings. The van der Waals surface area contributed by atoms with E-state index in [9.17, 15) is 0 Å². The first kappa shape index (κ1) is 12.0. The molecule has 0 aliphatic heterocycles. The maximum atomic E-state index is 2.23. The second-order valence-electron chi connectivity index (χ2n) is 3.37. The zero-order valence-electron chi connectivity index (χ0n) is 6.98. The number of nitrogens with zero attached hydrogens (tertiary/aromatic N) is 1. The molecule has 1 nitrogen and oxygen atoms in total. The highest BCUT2D eigenvalue weighted by Gasteiger charge is 2.02. The summed E-state index contributed by atoms with van der Waals surface area (Å²) in [5, 5.41) is 0. The minimum absolute atomic E-state index is 0. The highest BCUT2D eigenvalue weighted by molar-refractivity contribution is 5.85. The normalized spacial score (nSPS) is 10.7. The van der Waals surface area contributed by atoms with Crippen LogP contribution in [0, 0.1) is 0 Å². The van der Waals surface area contributed by atoms with Crippen molar-refractivity contribution in [2.24, 2.45) is 0 Å². The second-order valence-corrected chi connectivity index (χ2v) is 3.37. The molecule has 0 fully saturated rings. The van der Waals surface area contributed by atoms with Gasteiger partial charge in [0.25, 0.3) is 0 Å². The van der Waals surface area contributed by atoms with E-state index in [2.05, 4.69) is 28.1 Å². The van der Waals surface area contributed by atoms with Crippen LogP contribution in [-0.2, 0) is 0 Å². The molecular weight excluding hydrogens is 134 g/mol. The van der Waals surface area contributed by atoms with Gasteiger partial charge in [0.1, 0.15) is 0 Å². The Kier molecular flexibility index (Phi) is 6.74. The number of quaternary nitrogens is 1. The quantitative estimate of drug-likeness (QED) is 0.543. The van der Waals surface area contributed by atoms with E-state index in [-0.39, 0.29) is 12.4 Å². The Bertz CT molecular complexity index is 56.4. The van der Waals surface area contributed by atoms with Gasteiger partial charge in [0.2, 0.25) is 0 Å². The molecular formula is C7H19ClN+. The fraction of sp³-hybridized carbons (Fsp3) is 1.00. The van der Waals surface area contributed by atoms with Crippen LogP contribution >= 0.6 is 12.4 Å². The van der Waals surface area contributed by atoms with Crippen molar-refractivity contribution in [1.29, 1.82) is 0 Å².